The van der Waals surface area contributed by atoms with Crippen molar-refractivity contribution in [2.45, 2.75) is 58.5 Å². The Bertz CT molecular complexity index is 1270. The second-order valence-electron chi connectivity index (χ2n) is 9.74. The third-order valence-corrected chi connectivity index (χ3v) is 6.90. The summed E-state index contributed by atoms with van der Waals surface area (Å²) in [5, 5.41) is 3.31. The highest BCUT2D eigenvalue weighted by atomic mass is 35.5. The van der Waals surface area contributed by atoms with E-state index in [0.717, 1.165) is 48.4 Å². The Labute approximate surface area is 229 Å². The summed E-state index contributed by atoms with van der Waals surface area (Å²) in [5.41, 5.74) is 4.47. The SMILES string of the molecule is CC(C)N(C)c1ccc(NC(=O)CC(=O)c2cccc(-c3ccnc(COC4CCCCO4)c3)c2)cc1Cl. The van der Waals surface area contributed by atoms with E-state index in [1.807, 2.05) is 37.4 Å². The van der Waals surface area contributed by atoms with Crippen molar-refractivity contribution in [2.24, 2.45) is 0 Å². The molecule has 8 heteroatoms. The number of hydrogen-bond acceptors (Lipinski definition) is 6. The highest BCUT2D eigenvalue weighted by Crippen LogP contribution is 2.29. The van der Waals surface area contributed by atoms with E-state index in [9.17, 15) is 9.59 Å². The lowest BCUT2D eigenvalue weighted by atomic mass is 10.0. The van der Waals surface area contributed by atoms with Crippen molar-refractivity contribution in [2.75, 3.05) is 23.9 Å². The second kappa shape index (κ2) is 13.0. The van der Waals surface area contributed by atoms with E-state index in [0.29, 0.717) is 22.9 Å². The molecule has 1 amide bonds. The Morgan fingerprint density at radius 1 is 1.13 bits per heavy atom. The van der Waals surface area contributed by atoms with Crippen molar-refractivity contribution < 1.29 is 19.1 Å². The molecule has 1 aromatic heterocycles. The highest BCUT2D eigenvalue weighted by Gasteiger charge is 2.16. The number of pyridine rings is 1. The van der Waals surface area contributed by atoms with Crippen LogP contribution in [0.2, 0.25) is 5.02 Å². The standard InChI is InChI=1S/C30H34ClN3O4/c1-20(2)34(3)27-11-10-24(17-26(27)31)33-29(36)18-28(35)23-8-6-7-21(15-23)22-12-13-32-25(16-22)19-38-30-9-4-5-14-37-30/h6-8,10-13,15-17,20,30H,4-5,9,14,18-19H2,1-3H3,(H,33,36). The van der Waals surface area contributed by atoms with Crippen LogP contribution in [0.15, 0.2) is 60.8 Å². The van der Waals surface area contributed by atoms with Crippen LogP contribution in [0.1, 0.15) is 55.6 Å². The molecular formula is C30H34ClN3O4. The monoisotopic (exact) mass is 535 g/mol. The Hall–Kier alpha value is -3.26. The predicted octanol–water partition coefficient (Wildman–Crippen LogP) is 6.50. The quantitative estimate of drug-likeness (QED) is 0.236. The molecule has 1 unspecified atom stereocenters. The van der Waals surface area contributed by atoms with Gasteiger partial charge in [0, 0.05) is 37.1 Å². The maximum Gasteiger partial charge on any atom is 0.232 e. The van der Waals surface area contributed by atoms with Crippen LogP contribution in [0.3, 0.4) is 0 Å². The predicted molar refractivity (Wildman–Crippen MR) is 151 cm³/mol. The van der Waals surface area contributed by atoms with Gasteiger partial charge in [-0.1, -0.05) is 29.8 Å². The first kappa shape index (κ1) is 27.8. The zero-order chi connectivity index (χ0) is 27.1. The molecule has 1 atom stereocenters. The fourth-order valence-corrected chi connectivity index (χ4v) is 4.55. The normalized spacial score (nSPS) is 15.3. The summed E-state index contributed by atoms with van der Waals surface area (Å²) in [5.74, 6) is -0.659. The zero-order valence-electron chi connectivity index (χ0n) is 22.1. The molecule has 0 aliphatic carbocycles. The Kier molecular flexibility index (Phi) is 9.50. The smallest absolute Gasteiger partial charge is 0.232 e. The number of aromatic nitrogens is 1. The van der Waals surface area contributed by atoms with Crippen LogP contribution in [0.4, 0.5) is 11.4 Å². The van der Waals surface area contributed by atoms with E-state index in [2.05, 4.69) is 29.0 Å². The lowest BCUT2D eigenvalue weighted by Crippen LogP contribution is -2.25. The molecule has 200 valence electrons. The van der Waals surface area contributed by atoms with Gasteiger partial charge in [0.2, 0.25) is 5.91 Å². The van der Waals surface area contributed by atoms with Gasteiger partial charge in [-0.3, -0.25) is 14.6 Å². The van der Waals surface area contributed by atoms with Crippen LogP contribution in [0.25, 0.3) is 11.1 Å². The number of ether oxygens (including phenoxy) is 2. The number of amides is 1. The summed E-state index contributed by atoms with van der Waals surface area (Å²) in [4.78, 5) is 32.0. The average molecular weight is 536 g/mol. The van der Waals surface area contributed by atoms with Crippen molar-refractivity contribution >= 4 is 34.7 Å². The van der Waals surface area contributed by atoms with Crippen LogP contribution >= 0.6 is 11.6 Å². The molecule has 2 aromatic carbocycles. The van der Waals surface area contributed by atoms with Gasteiger partial charge < -0.3 is 19.7 Å². The largest absolute Gasteiger partial charge is 0.371 e. The van der Waals surface area contributed by atoms with Crippen molar-refractivity contribution in [1.82, 2.24) is 4.98 Å². The van der Waals surface area contributed by atoms with Gasteiger partial charge in [0.25, 0.3) is 0 Å². The minimum atomic E-state index is -0.394. The second-order valence-corrected chi connectivity index (χ2v) is 10.1. The van der Waals surface area contributed by atoms with Gasteiger partial charge in [-0.2, -0.15) is 0 Å². The molecule has 38 heavy (non-hydrogen) atoms. The summed E-state index contributed by atoms with van der Waals surface area (Å²) in [7, 11) is 1.96. The lowest BCUT2D eigenvalue weighted by Gasteiger charge is -2.25. The van der Waals surface area contributed by atoms with E-state index >= 15 is 0 Å². The topological polar surface area (TPSA) is 80.8 Å². The first-order valence-electron chi connectivity index (χ1n) is 12.9. The van der Waals surface area contributed by atoms with Crippen molar-refractivity contribution in [1.29, 1.82) is 0 Å². The minimum Gasteiger partial charge on any atom is -0.371 e. The minimum absolute atomic E-state index is 0.184. The van der Waals surface area contributed by atoms with E-state index in [-0.39, 0.29) is 24.5 Å². The van der Waals surface area contributed by atoms with Gasteiger partial charge in [-0.15, -0.1) is 0 Å². The molecule has 1 aliphatic heterocycles. The van der Waals surface area contributed by atoms with E-state index < -0.39 is 5.91 Å². The molecule has 1 saturated heterocycles. The fourth-order valence-electron chi connectivity index (χ4n) is 4.23. The van der Waals surface area contributed by atoms with Gasteiger partial charge >= 0.3 is 0 Å². The molecular weight excluding hydrogens is 502 g/mol. The summed E-state index contributed by atoms with van der Waals surface area (Å²) in [6, 6.07) is 16.7. The summed E-state index contributed by atoms with van der Waals surface area (Å²) < 4.78 is 11.5. The van der Waals surface area contributed by atoms with E-state index in [1.54, 1.807) is 30.5 Å². The number of benzene rings is 2. The third kappa shape index (κ3) is 7.40. The Morgan fingerprint density at radius 2 is 1.95 bits per heavy atom. The average Bonchev–Trinajstić information content (AvgIpc) is 2.92. The van der Waals surface area contributed by atoms with Crippen molar-refractivity contribution in [3.8, 4) is 11.1 Å². The molecule has 2 heterocycles. The van der Waals surface area contributed by atoms with Crippen LogP contribution < -0.4 is 10.2 Å². The number of Topliss-reactive ketones (excluding diaryl/α,β-unsaturated/α-hetero) is 1. The van der Waals surface area contributed by atoms with Crippen LogP contribution in [0.5, 0.6) is 0 Å². The lowest BCUT2D eigenvalue weighted by molar-refractivity contribution is -0.169. The van der Waals surface area contributed by atoms with Gasteiger partial charge in [0.15, 0.2) is 12.1 Å². The Morgan fingerprint density at radius 3 is 2.68 bits per heavy atom. The molecule has 0 spiro atoms. The van der Waals surface area contributed by atoms with Crippen molar-refractivity contribution in [3.63, 3.8) is 0 Å². The Balaban J connectivity index is 1.37. The van der Waals surface area contributed by atoms with Gasteiger partial charge in [-0.05, 0) is 80.6 Å². The van der Waals surface area contributed by atoms with E-state index in [1.165, 1.54) is 0 Å². The van der Waals surface area contributed by atoms with Gasteiger partial charge in [0.1, 0.15) is 0 Å². The molecule has 0 radical (unpaired) electrons. The molecule has 4 rings (SSSR count). The number of rotatable bonds is 10. The van der Waals surface area contributed by atoms with E-state index in [4.69, 9.17) is 21.1 Å². The molecule has 1 N–H and O–H groups in total. The number of anilines is 2. The van der Waals surface area contributed by atoms with Crippen molar-refractivity contribution in [3.05, 3.63) is 77.1 Å². The fraction of sp³-hybridized carbons (Fsp3) is 0.367. The number of nitrogens with one attached hydrogen (secondary N) is 1. The van der Waals surface area contributed by atoms with Crippen LogP contribution in [0, 0.1) is 0 Å². The number of hydrogen-bond donors (Lipinski definition) is 1. The molecule has 1 aliphatic rings. The molecule has 0 bridgehead atoms. The zero-order valence-corrected chi connectivity index (χ0v) is 22.8. The molecule has 3 aromatic rings. The molecule has 0 saturated carbocycles. The number of carbonyl (C=O) groups is 2. The van der Waals surface area contributed by atoms with Gasteiger partial charge in [-0.25, -0.2) is 0 Å². The van der Waals surface area contributed by atoms with Crippen LogP contribution in [-0.2, 0) is 20.9 Å². The summed E-state index contributed by atoms with van der Waals surface area (Å²) >= 11 is 6.42. The summed E-state index contributed by atoms with van der Waals surface area (Å²) in [6.07, 6.45) is 4.34. The highest BCUT2D eigenvalue weighted by molar-refractivity contribution is 6.33. The third-order valence-electron chi connectivity index (χ3n) is 6.60. The maximum atomic E-state index is 12.9. The maximum absolute atomic E-state index is 12.9. The summed E-state index contributed by atoms with van der Waals surface area (Å²) in [6.45, 7) is 5.23. The van der Waals surface area contributed by atoms with Gasteiger partial charge in [0.05, 0.1) is 29.4 Å². The first-order chi connectivity index (χ1) is 18.3. The number of ketones is 1. The first-order valence-corrected chi connectivity index (χ1v) is 13.3. The number of nitrogens with zero attached hydrogens (tertiary/aromatic N) is 2. The molecule has 1 fully saturated rings. The number of halogens is 1. The molecule has 7 nitrogen and oxygen atoms in total. The number of carbonyl (C=O) groups excluding carboxylic acids is 2. The van der Waals surface area contributed by atoms with Crippen LogP contribution in [-0.4, -0.2) is 42.7 Å².